The van der Waals surface area contributed by atoms with Crippen molar-refractivity contribution in [2.45, 2.75) is 17.1 Å². The molecule has 0 saturated heterocycles. The van der Waals surface area contributed by atoms with Crippen LogP contribution >= 0.6 is 35.0 Å². The van der Waals surface area contributed by atoms with Gasteiger partial charge in [0.05, 0.1) is 29.8 Å². The molecule has 0 bridgehead atoms. The van der Waals surface area contributed by atoms with E-state index in [1.54, 1.807) is 11.8 Å². The number of carbonyl (C=O) groups is 1. The van der Waals surface area contributed by atoms with E-state index in [-0.39, 0.29) is 21.4 Å². The molecule has 3 aromatic rings. The van der Waals surface area contributed by atoms with Crippen LogP contribution in [-0.2, 0) is 20.6 Å². The fraction of sp³-hybridized carbons (Fsp3) is 0.269. The minimum Gasteiger partial charge on any atom is -0.493 e. The van der Waals surface area contributed by atoms with E-state index in [1.807, 2.05) is 24.3 Å². The van der Waals surface area contributed by atoms with E-state index in [0.717, 1.165) is 33.5 Å². The quantitative estimate of drug-likeness (QED) is 0.250. The van der Waals surface area contributed by atoms with Gasteiger partial charge in [0, 0.05) is 23.4 Å². The molecule has 0 atom stereocenters. The molecule has 7 nitrogen and oxygen atoms in total. The molecule has 0 saturated carbocycles. The summed E-state index contributed by atoms with van der Waals surface area (Å²) < 4.78 is 52.3. The molecule has 0 aliphatic heterocycles. The number of carbonyl (C=O) groups excluding carboxylic acids is 1. The molecule has 38 heavy (non-hydrogen) atoms. The van der Waals surface area contributed by atoms with Crippen molar-refractivity contribution in [3.8, 4) is 11.5 Å². The molecule has 3 rings (SSSR count). The molecule has 0 aliphatic carbocycles. The second-order valence-electron chi connectivity index (χ2n) is 7.97. The van der Waals surface area contributed by atoms with Crippen LogP contribution < -0.4 is 19.1 Å². The highest BCUT2D eigenvalue weighted by molar-refractivity contribution is 7.98. The van der Waals surface area contributed by atoms with E-state index in [4.69, 9.17) is 32.7 Å². The van der Waals surface area contributed by atoms with Crippen molar-refractivity contribution in [1.29, 1.82) is 0 Å². The largest absolute Gasteiger partial charge is 0.493 e. The van der Waals surface area contributed by atoms with Crippen molar-refractivity contribution in [2.24, 2.45) is 0 Å². The van der Waals surface area contributed by atoms with Crippen molar-refractivity contribution >= 4 is 56.6 Å². The molecule has 0 aromatic heterocycles. The normalized spacial score (nSPS) is 11.2. The summed E-state index contributed by atoms with van der Waals surface area (Å²) in [6, 6.07) is 15.1. The maximum atomic E-state index is 13.8. The number of amides is 1. The number of ether oxygens (including phenoxy) is 2. The van der Waals surface area contributed by atoms with Crippen molar-refractivity contribution in [3.05, 3.63) is 82.1 Å². The SMILES string of the molecule is COc1ccc(S(=O)(=O)N(CC(=O)NCCCSCc2ccccc2Cl)c2ccc(F)c(Cl)c2)cc1OC. The number of methoxy groups -OCH3 is 2. The summed E-state index contributed by atoms with van der Waals surface area (Å²) in [7, 11) is -1.46. The first-order chi connectivity index (χ1) is 18.2. The Kier molecular flexibility index (Phi) is 11.0. The van der Waals surface area contributed by atoms with Gasteiger partial charge in [0.15, 0.2) is 11.5 Å². The zero-order valence-corrected chi connectivity index (χ0v) is 23.9. The van der Waals surface area contributed by atoms with E-state index in [2.05, 4.69) is 5.32 Å². The number of anilines is 1. The molecule has 1 N–H and O–H groups in total. The van der Waals surface area contributed by atoms with Crippen LogP contribution in [0.5, 0.6) is 11.5 Å². The second-order valence-corrected chi connectivity index (χ2v) is 11.8. The Morgan fingerprint density at radius 1 is 1.00 bits per heavy atom. The van der Waals surface area contributed by atoms with E-state index >= 15 is 0 Å². The molecule has 0 unspecified atom stereocenters. The van der Waals surface area contributed by atoms with Gasteiger partial charge in [0.1, 0.15) is 12.4 Å². The summed E-state index contributed by atoms with van der Waals surface area (Å²) in [6.07, 6.45) is 0.672. The Labute approximate surface area is 236 Å². The minimum absolute atomic E-state index is 0.0385. The molecule has 204 valence electrons. The number of rotatable bonds is 13. The number of hydrogen-bond donors (Lipinski definition) is 1. The fourth-order valence-electron chi connectivity index (χ4n) is 3.45. The van der Waals surface area contributed by atoms with Crippen LogP contribution in [0.1, 0.15) is 12.0 Å². The van der Waals surface area contributed by atoms with Gasteiger partial charge in [0.25, 0.3) is 10.0 Å². The number of hydrogen-bond acceptors (Lipinski definition) is 6. The summed E-state index contributed by atoms with van der Waals surface area (Å²) in [5.41, 5.74) is 1.08. The first-order valence-corrected chi connectivity index (χ1v) is 14.8. The second kappa shape index (κ2) is 13.9. The fourth-order valence-corrected chi connectivity index (χ4v) is 6.30. The van der Waals surface area contributed by atoms with Crippen molar-refractivity contribution in [2.75, 3.05) is 37.4 Å². The predicted molar refractivity (Wildman–Crippen MR) is 151 cm³/mol. The smallest absolute Gasteiger partial charge is 0.264 e. The first-order valence-electron chi connectivity index (χ1n) is 11.4. The molecule has 1 amide bonds. The standard InChI is InChI=1S/C26H27Cl2FN2O5S2/c1-35-24-11-9-20(15-25(24)36-2)38(33,34)31(19-8-10-23(29)22(28)14-19)16-26(32)30-12-5-13-37-17-18-6-3-4-7-21(18)27/h3-4,6-11,14-15H,5,12-13,16-17H2,1-2H3,(H,30,32). The lowest BCUT2D eigenvalue weighted by Crippen LogP contribution is -2.41. The third kappa shape index (κ3) is 7.69. The lowest BCUT2D eigenvalue weighted by Gasteiger charge is -2.25. The Bertz CT molecular complexity index is 1380. The van der Waals surface area contributed by atoms with Gasteiger partial charge in [0.2, 0.25) is 5.91 Å². The molecule has 3 aromatic carbocycles. The van der Waals surface area contributed by atoms with Gasteiger partial charge in [-0.2, -0.15) is 11.8 Å². The molecule has 0 heterocycles. The van der Waals surface area contributed by atoms with Gasteiger partial charge < -0.3 is 14.8 Å². The van der Waals surface area contributed by atoms with Gasteiger partial charge in [-0.25, -0.2) is 12.8 Å². The monoisotopic (exact) mass is 600 g/mol. The number of benzene rings is 3. The summed E-state index contributed by atoms with van der Waals surface area (Å²) in [5, 5.41) is 3.19. The van der Waals surface area contributed by atoms with Crippen LogP contribution in [-0.4, -0.2) is 47.4 Å². The predicted octanol–water partition coefficient (Wildman–Crippen LogP) is 5.78. The highest BCUT2D eigenvalue weighted by atomic mass is 35.5. The minimum atomic E-state index is -4.27. The molecule has 12 heteroatoms. The number of nitrogens with one attached hydrogen (secondary N) is 1. The Balaban J connectivity index is 1.70. The van der Waals surface area contributed by atoms with Crippen molar-refractivity contribution < 1.29 is 27.1 Å². The highest BCUT2D eigenvalue weighted by Gasteiger charge is 2.29. The van der Waals surface area contributed by atoms with Gasteiger partial charge >= 0.3 is 0 Å². The van der Waals surface area contributed by atoms with Gasteiger partial charge in [-0.15, -0.1) is 0 Å². The van der Waals surface area contributed by atoms with Crippen LogP contribution in [0.25, 0.3) is 0 Å². The maximum Gasteiger partial charge on any atom is 0.264 e. The van der Waals surface area contributed by atoms with Crippen LogP contribution in [0.4, 0.5) is 10.1 Å². The number of nitrogens with zero attached hydrogens (tertiary/aromatic N) is 1. The lowest BCUT2D eigenvalue weighted by molar-refractivity contribution is -0.119. The van der Waals surface area contributed by atoms with Crippen molar-refractivity contribution in [1.82, 2.24) is 5.32 Å². The maximum absolute atomic E-state index is 13.8. The van der Waals surface area contributed by atoms with Crippen LogP contribution in [0.2, 0.25) is 10.0 Å². The average molecular weight is 602 g/mol. The average Bonchev–Trinajstić information content (AvgIpc) is 2.91. The van der Waals surface area contributed by atoms with E-state index in [1.165, 1.54) is 38.5 Å². The van der Waals surface area contributed by atoms with Gasteiger partial charge in [-0.3, -0.25) is 9.10 Å². The molecule has 0 aliphatic rings. The van der Waals surface area contributed by atoms with Crippen LogP contribution in [0.3, 0.4) is 0 Å². The van der Waals surface area contributed by atoms with Gasteiger partial charge in [-0.05, 0) is 54.1 Å². The Morgan fingerprint density at radius 3 is 2.42 bits per heavy atom. The first kappa shape index (κ1) is 29.9. The third-order valence-corrected chi connectivity index (χ3v) is 8.95. The zero-order valence-electron chi connectivity index (χ0n) is 20.7. The Hall–Kier alpha value is -2.66. The summed E-state index contributed by atoms with van der Waals surface area (Å²) in [4.78, 5) is 12.6. The lowest BCUT2D eigenvalue weighted by atomic mass is 10.2. The highest BCUT2D eigenvalue weighted by Crippen LogP contribution is 2.33. The summed E-state index contributed by atoms with van der Waals surface area (Å²) in [6.45, 7) is -0.186. The van der Waals surface area contributed by atoms with E-state index in [9.17, 15) is 17.6 Å². The molecule has 0 spiro atoms. The number of halogens is 3. The number of sulfonamides is 1. The molecule has 0 radical (unpaired) electrons. The molecule has 0 fully saturated rings. The van der Waals surface area contributed by atoms with E-state index in [0.29, 0.717) is 23.7 Å². The van der Waals surface area contributed by atoms with Crippen LogP contribution in [0.15, 0.2) is 65.6 Å². The third-order valence-electron chi connectivity index (χ3n) is 5.42. The van der Waals surface area contributed by atoms with Crippen LogP contribution in [0, 0.1) is 5.82 Å². The summed E-state index contributed by atoms with van der Waals surface area (Å²) in [5.74, 6) is 0.823. The topological polar surface area (TPSA) is 84.9 Å². The summed E-state index contributed by atoms with van der Waals surface area (Å²) >= 11 is 13.8. The van der Waals surface area contributed by atoms with Crippen molar-refractivity contribution in [3.63, 3.8) is 0 Å². The molecular formula is C26H27Cl2FN2O5S2. The van der Waals surface area contributed by atoms with Gasteiger partial charge in [-0.1, -0.05) is 41.4 Å². The van der Waals surface area contributed by atoms with E-state index < -0.39 is 28.3 Å². The number of thioether (sulfide) groups is 1. The Morgan fingerprint density at radius 2 is 1.74 bits per heavy atom. The zero-order chi connectivity index (χ0) is 27.7. The molecular weight excluding hydrogens is 574 g/mol.